The highest BCUT2D eigenvalue weighted by Gasteiger charge is 2.50. The molecule has 1 aliphatic heterocycles. The maximum Gasteiger partial charge on any atom is 0.231 e. The zero-order chi connectivity index (χ0) is 23.8. The van der Waals surface area contributed by atoms with Crippen LogP contribution in [0.3, 0.4) is 0 Å². The largest absolute Gasteiger partial charge is 0.454 e. The topological polar surface area (TPSA) is 89.9 Å². The number of ketones is 1. The molecule has 176 valence electrons. The zero-order valence-corrected chi connectivity index (χ0v) is 19.5. The van der Waals surface area contributed by atoms with Crippen LogP contribution in [0.25, 0.3) is 11.1 Å². The predicted molar refractivity (Wildman–Crippen MR) is 128 cm³/mol. The van der Waals surface area contributed by atoms with E-state index in [1.54, 1.807) is 24.3 Å². The zero-order valence-electron chi connectivity index (χ0n) is 18.7. The molecule has 1 fully saturated rings. The SMILES string of the molecule is O=C(Cc1cccc(-c2ccc(S(=O)(=O)CCCO)cc2)c1)C1(c2ccc3c(c2)OCO3)CC1. The smallest absolute Gasteiger partial charge is 0.231 e. The number of Topliss-reactive ketones (excluding diaryl/α,β-unsaturated/α-hetero) is 1. The lowest BCUT2D eigenvalue weighted by atomic mass is 9.87. The maximum absolute atomic E-state index is 13.3. The van der Waals surface area contributed by atoms with Crippen molar-refractivity contribution in [2.45, 2.75) is 36.0 Å². The Kier molecular flexibility index (Phi) is 5.91. The number of benzene rings is 3. The van der Waals surface area contributed by atoms with Crippen LogP contribution in [0, 0.1) is 0 Å². The summed E-state index contributed by atoms with van der Waals surface area (Å²) in [6, 6.07) is 20.3. The number of carbonyl (C=O) groups excluding carboxylic acids is 1. The fourth-order valence-corrected chi connectivity index (χ4v) is 5.79. The molecule has 34 heavy (non-hydrogen) atoms. The van der Waals surface area contributed by atoms with Gasteiger partial charge in [-0.25, -0.2) is 8.42 Å². The lowest BCUT2D eigenvalue weighted by Gasteiger charge is -2.15. The number of hydrogen-bond donors (Lipinski definition) is 1. The highest BCUT2D eigenvalue weighted by Crippen LogP contribution is 2.51. The van der Waals surface area contributed by atoms with Gasteiger partial charge in [-0.1, -0.05) is 42.5 Å². The van der Waals surface area contributed by atoms with Crippen LogP contribution in [0.4, 0.5) is 0 Å². The molecule has 7 heteroatoms. The predicted octanol–water partition coefficient (Wildman–Crippen LogP) is 4.08. The molecule has 0 spiro atoms. The fraction of sp³-hybridized carbons (Fsp3) is 0.296. The Morgan fingerprint density at radius 2 is 1.68 bits per heavy atom. The van der Waals surface area contributed by atoms with Crippen LogP contribution in [0.15, 0.2) is 71.6 Å². The third kappa shape index (κ3) is 4.33. The van der Waals surface area contributed by atoms with Gasteiger partial charge < -0.3 is 14.6 Å². The van der Waals surface area contributed by atoms with E-state index in [1.807, 2.05) is 42.5 Å². The molecule has 0 atom stereocenters. The Labute approximate surface area is 199 Å². The minimum absolute atomic E-state index is 0.0778. The van der Waals surface area contributed by atoms with Crippen molar-refractivity contribution in [1.29, 1.82) is 0 Å². The van der Waals surface area contributed by atoms with Crippen LogP contribution in [0.2, 0.25) is 0 Å². The Bertz CT molecular complexity index is 1320. The van der Waals surface area contributed by atoms with Gasteiger partial charge in [-0.2, -0.15) is 0 Å². The molecular weight excluding hydrogens is 452 g/mol. The summed E-state index contributed by atoms with van der Waals surface area (Å²) < 4.78 is 35.5. The second kappa shape index (κ2) is 8.89. The first kappa shape index (κ1) is 22.6. The van der Waals surface area contributed by atoms with E-state index < -0.39 is 15.3 Å². The van der Waals surface area contributed by atoms with Crippen LogP contribution >= 0.6 is 0 Å². The lowest BCUT2D eigenvalue weighted by molar-refractivity contribution is -0.120. The van der Waals surface area contributed by atoms with Gasteiger partial charge in [-0.15, -0.1) is 0 Å². The quantitative estimate of drug-likeness (QED) is 0.498. The van der Waals surface area contributed by atoms with Crippen molar-refractivity contribution >= 4 is 15.6 Å². The Hall–Kier alpha value is -3.16. The molecule has 6 nitrogen and oxygen atoms in total. The molecule has 0 bridgehead atoms. The number of fused-ring (bicyclic) bond motifs is 1. The van der Waals surface area contributed by atoms with Crippen LogP contribution < -0.4 is 9.47 Å². The van der Waals surface area contributed by atoms with E-state index in [1.165, 1.54) is 0 Å². The molecule has 1 heterocycles. The molecule has 0 amide bonds. The van der Waals surface area contributed by atoms with Gasteiger partial charge >= 0.3 is 0 Å². The van der Waals surface area contributed by atoms with Crippen molar-refractivity contribution < 1.29 is 27.8 Å². The molecule has 0 aromatic heterocycles. The summed E-state index contributed by atoms with van der Waals surface area (Å²) in [5.74, 6) is 1.52. The highest BCUT2D eigenvalue weighted by atomic mass is 32.2. The average molecular weight is 479 g/mol. The number of aliphatic hydroxyl groups is 1. The molecule has 1 aliphatic carbocycles. The second-order valence-electron chi connectivity index (χ2n) is 8.87. The van der Waals surface area contributed by atoms with E-state index in [2.05, 4.69) is 0 Å². The number of sulfone groups is 1. The van der Waals surface area contributed by atoms with Gasteiger partial charge in [0.15, 0.2) is 21.3 Å². The first-order chi connectivity index (χ1) is 16.4. The Balaban J connectivity index is 1.32. The molecule has 5 rings (SSSR count). The summed E-state index contributed by atoms with van der Waals surface area (Å²) in [5, 5.41) is 8.91. The monoisotopic (exact) mass is 478 g/mol. The minimum atomic E-state index is -3.41. The van der Waals surface area contributed by atoms with Gasteiger partial charge in [0, 0.05) is 13.0 Å². The summed E-state index contributed by atoms with van der Waals surface area (Å²) in [6.45, 7) is 0.0564. The summed E-state index contributed by atoms with van der Waals surface area (Å²) in [4.78, 5) is 13.6. The van der Waals surface area contributed by atoms with Gasteiger partial charge in [0.1, 0.15) is 5.78 Å². The molecular formula is C27H26O6S. The van der Waals surface area contributed by atoms with Crippen molar-refractivity contribution in [1.82, 2.24) is 0 Å². The second-order valence-corrected chi connectivity index (χ2v) is 11.0. The first-order valence-corrected chi connectivity index (χ1v) is 13.0. The van der Waals surface area contributed by atoms with E-state index in [-0.39, 0.29) is 36.3 Å². The Morgan fingerprint density at radius 1 is 0.912 bits per heavy atom. The lowest BCUT2D eigenvalue weighted by Crippen LogP contribution is -2.22. The summed E-state index contributed by atoms with van der Waals surface area (Å²) >= 11 is 0. The first-order valence-electron chi connectivity index (χ1n) is 11.4. The normalized spacial score (nSPS) is 15.8. The molecule has 1 saturated carbocycles. The summed E-state index contributed by atoms with van der Waals surface area (Å²) in [5.41, 5.74) is 3.26. The molecule has 3 aromatic carbocycles. The number of hydrogen-bond acceptors (Lipinski definition) is 6. The number of rotatable bonds is 9. The summed E-state index contributed by atoms with van der Waals surface area (Å²) in [6.07, 6.45) is 2.21. The maximum atomic E-state index is 13.3. The molecule has 3 aromatic rings. The molecule has 0 radical (unpaired) electrons. The van der Waals surface area contributed by atoms with Crippen LogP contribution in [0.5, 0.6) is 11.5 Å². The third-order valence-electron chi connectivity index (χ3n) is 6.62. The van der Waals surface area contributed by atoms with Crippen molar-refractivity contribution in [3.05, 3.63) is 77.9 Å². The number of aliphatic hydroxyl groups excluding tert-OH is 1. The molecule has 0 saturated heterocycles. The van der Waals surface area contributed by atoms with Crippen LogP contribution in [-0.2, 0) is 26.5 Å². The van der Waals surface area contributed by atoms with E-state index in [0.29, 0.717) is 17.9 Å². The van der Waals surface area contributed by atoms with Crippen LogP contribution in [-0.4, -0.2) is 38.5 Å². The van der Waals surface area contributed by atoms with E-state index in [0.717, 1.165) is 35.1 Å². The summed E-state index contributed by atoms with van der Waals surface area (Å²) in [7, 11) is -3.41. The minimum Gasteiger partial charge on any atom is -0.454 e. The van der Waals surface area contributed by atoms with Gasteiger partial charge in [0.2, 0.25) is 6.79 Å². The third-order valence-corrected chi connectivity index (χ3v) is 8.44. The van der Waals surface area contributed by atoms with Crippen LogP contribution in [0.1, 0.15) is 30.4 Å². The molecule has 2 aliphatic rings. The van der Waals surface area contributed by atoms with E-state index >= 15 is 0 Å². The van der Waals surface area contributed by atoms with Crippen molar-refractivity contribution in [3.63, 3.8) is 0 Å². The van der Waals surface area contributed by atoms with Crippen molar-refractivity contribution in [2.24, 2.45) is 0 Å². The average Bonchev–Trinajstić information content (AvgIpc) is 3.54. The molecule has 0 unspecified atom stereocenters. The van der Waals surface area contributed by atoms with Gasteiger partial charge in [0.25, 0.3) is 0 Å². The van der Waals surface area contributed by atoms with E-state index in [4.69, 9.17) is 14.6 Å². The standard InChI is InChI=1S/C27H26O6S/c28-13-2-14-34(30,31)23-8-5-20(6-9-23)21-4-1-3-19(15-21)16-26(29)27(11-12-27)22-7-10-24-25(17-22)33-18-32-24/h1,3-10,15,17,28H,2,11-14,16,18H2. The van der Waals surface area contributed by atoms with E-state index in [9.17, 15) is 13.2 Å². The number of carbonyl (C=O) groups is 1. The fourth-order valence-electron chi connectivity index (χ4n) is 4.49. The number of ether oxygens (including phenoxy) is 2. The van der Waals surface area contributed by atoms with Gasteiger partial charge in [-0.05, 0) is 65.8 Å². The highest BCUT2D eigenvalue weighted by molar-refractivity contribution is 7.91. The Morgan fingerprint density at radius 3 is 2.41 bits per heavy atom. The van der Waals surface area contributed by atoms with Gasteiger partial charge in [-0.3, -0.25) is 4.79 Å². The molecule has 1 N–H and O–H groups in total. The van der Waals surface area contributed by atoms with Crippen molar-refractivity contribution in [3.8, 4) is 22.6 Å². The van der Waals surface area contributed by atoms with Gasteiger partial charge in [0.05, 0.1) is 16.1 Å². The van der Waals surface area contributed by atoms with Crippen molar-refractivity contribution in [2.75, 3.05) is 19.2 Å².